The third kappa shape index (κ3) is 5.13. The third-order valence-corrected chi connectivity index (χ3v) is 4.41. The first-order valence-electron chi connectivity index (χ1n) is 9.54. The van der Waals surface area contributed by atoms with E-state index in [0.29, 0.717) is 28.6 Å². The lowest BCUT2D eigenvalue weighted by Crippen LogP contribution is -2.37. The first kappa shape index (κ1) is 19.8. The van der Waals surface area contributed by atoms with Gasteiger partial charge < -0.3 is 15.4 Å². The summed E-state index contributed by atoms with van der Waals surface area (Å²) in [5.41, 5.74) is 1.05. The van der Waals surface area contributed by atoms with Gasteiger partial charge in [-0.1, -0.05) is 36.4 Å². The lowest BCUT2D eigenvalue weighted by molar-refractivity contribution is -0.118. The predicted octanol–water partition coefficient (Wildman–Crippen LogP) is 3.71. The summed E-state index contributed by atoms with van der Waals surface area (Å²) in [5.74, 6) is 0.666. The molecule has 1 unspecified atom stereocenters. The van der Waals surface area contributed by atoms with Crippen molar-refractivity contribution >= 4 is 17.6 Å². The molecule has 1 atom stereocenters. The predicted molar refractivity (Wildman–Crippen MR) is 115 cm³/mol. The van der Waals surface area contributed by atoms with E-state index in [2.05, 4.69) is 25.8 Å². The van der Waals surface area contributed by atoms with Crippen LogP contribution in [0.15, 0.2) is 91.3 Å². The zero-order valence-electron chi connectivity index (χ0n) is 16.4. The molecule has 2 aromatic heterocycles. The Kier molecular flexibility index (Phi) is 5.99. The number of H-pyrrole nitrogens is 1. The van der Waals surface area contributed by atoms with Gasteiger partial charge in [0.15, 0.2) is 0 Å². The lowest BCUT2D eigenvalue weighted by atomic mass is 10.1. The Morgan fingerprint density at radius 2 is 1.65 bits per heavy atom. The number of anilines is 1. The van der Waals surface area contributed by atoms with Crippen molar-refractivity contribution in [3.63, 3.8) is 0 Å². The quantitative estimate of drug-likeness (QED) is 0.428. The molecule has 0 aliphatic rings. The molecule has 8 nitrogen and oxygen atoms in total. The zero-order chi connectivity index (χ0) is 21.5. The Morgan fingerprint density at radius 1 is 0.871 bits per heavy atom. The maximum atomic E-state index is 12.8. The number of nitrogens with zero attached hydrogens (tertiary/aromatic N) is 2. The summed E-state index contributed by atoms with van der Waals surface area (Å²) in [6, 6.07) is 21.7. The van der Waals surface area contributed by atoms with Crippen LogP contribution < -0.4 is 15.4 Å². The second-order valence-corrected chi connectivity index (χ2v) is 6.57. The van der Waals surface area contributed by atoms with Crippen LogP contribution in [-0.2, 0) is 4.79 Å². The van der Waals surface area contributed by atoms with Crippen LogP contribution in [0, 0.1) is 0 Å². The first-order valence-corrected chi connectivity index (χ1v) is 9.54. The highest BCUT2D eigenvalue weighted by molar-refractivity contribution is 6.01. The molecule has 3 N–H and O–H groups in total. The molecule has 4 rings (SSSR count). The number of ether oxygens (including phenoxy) is 1. The van der Waals surface area contributed by atoms with Gasteiger partial charge in [-0.05, 0) is 35.9 Å². The molecule has 0 radical (unpaired) electrons. The second-order valence-electron chi connectivity index (χ2n) is 6.57. The number of benzene rings is 2. The van der Waals surface area contributed by atoms with E-state index >= 15 is 0 Å². The van der Waals surface area contributed by atoms with Crippen molar-refractivity contribution in [2.75, 3.05) is 5.32 Å². The Hall–Kier alpha value is -4.46. The number of aromatic nitrogens is 3. The minimum Gasteiger partial charge on any atom is -0.439 e. The van der Waals surface area contributed by atoms with Gasteiger partial charge in [-0.2, -0.15) is 5.10 Å². The second kappa shape index (κ2) is 9.36. The lowest BCUT2D eigenvalue weighted by Gasteiger charge is -2.18. The molecule has 31 heavy (non-hydrogen) atoms. The van der Waals surface area contributed by atoms with E-state index in [4.69, 9.17) is 4.74 Å². The topological polar surface area (TPSA) is 109 Å². The monoisotopic (exact) mass is 413 g/mol. The number of hydrogen-bond donors (Lipinski definition) is 3. The van der Waals surface area contributed by atoms with Crippen LogP contribution in [0.25, 0.3) is 0 Å². The Morgan fingerprint density at radius 3 is 2.32 bits per heavy atom. The smallest absolute Gasteiger partial charge is 0.252 e. The van der Waals surface area contributed by atoms with E-state index in [-0.39, 0.29) is 5.91 Å². The van der Waals surface area contributed by atoms with Crippen LogP contribution in [0.1, 0.15) is 22.0 Å². The number of nitrogens with one attached hydrogen (secondary N) is 3. The van der Waals surface area contributed by atoms with Crippen molar-refractivity contribution in [3.05, 3.63) is 102 Å². The molecule has 0 aliphatic carbocycles. The van der Waals surface area contributed by atoms with Crippen molar-refractivity contribution in [1.29, 1.82) is 0 Å². The summed E-state index contributed by atoms with van der Waals surface area (Å²) < 4.78 is 5.64. The summed E-state index contributed by atoms with van der Waals surface area (Å²) in [4.78, 5) is 29.8. The van der Waals surface area contributed by atoms with Crippen LogP contribution in [-0.4, -0.2) is 27.0 Å². The highest BCUT2D eigenvalue weighted by Gasteiger charge is 2.23. The van der Waals surface area contributed by atoms with Crippen LogP contribution in [0.4, 0.5) is 5.82 Å². The highest BCUT2D eigenvalue weighted by Crippen LogP contribution is 2.20. The summed E-state index contributed by atoms with van der Waals surface area (Å²) in [6.07, 6.45) is 3.16. The van der Waals surface area contributed by atoms with Crippen LogP contribution in [0.3, 0.4) is 0 Å². The van der Waals surface area contributed by atoms with Crippen molar-refractivity contribution < 1.29 is 14.3 Å². The van der Waals surface area contributed by atoms with Gasteiger partial charge in [0, 0.05) is 23.9 Å². The number of hydrogen-bond acceptors (Lipinski definition) is 5. The minimum absolute atomic E-state index is 0.390. The average Bonchev–Trinajstić information content (AvgIpc) is 3.32. The van der Waals surface area contributed by atoms with Crippen molar-refractivity contribution in [2.45, 2.75) is 6.04 Å². The number of aromatic amines is 1. The molecule has 2 heterocycles. The van der Waals surface area contributed by atoms with E-state index in [0.717, 1.165) is 0 Å². The molecule has 2 amide bonds. The van der Waals surface area contributed by atoms with Crippen LogP contribution >= 0.6 is 0 Å². The molecule has 2 aromatic carbocycles. The molecule has 0 bridgehead atoms. The Labute approximate surface area is 178 Å². The van der Waals surface area contributed by atoms with Crippen LogP contribution in [0.2, 0.25) is 0 Å². The molecular weight excluding hydrogens is 394 g/mol. The normalized spacial score (nSPS) is 11.4. The number of amides is 2. The van der Waals surface area contributed by atoms with Crippen LogP contribution in [0.5, 0.6) is 11.6 Å². The van der Waals surface area contributed by atoms with E-state index in [1.54, 1.807) is 60.8 Å². The average molecular weight is 413 g/mol. The molecular formula is C23H19N5O3. The van der Waals surface area contributed by atoms with E-state index in [1.807, 2.05) is 24.3 Å². The minimum atomic E-state index is -0.888. The van der Waals surface area contributed by atoms with E-state index in [9.17, 15) is 9.59 Å². The van der Waals surface area contributed by atoms with Gasteiger partial charge in [-0.15, -0.1) is 0 Å². The van der Waals surface area contributed by atoms with Crippen molar-refractivity contribution in [1.82, 2.24) is 20.5 Å². The van der Waals surface area contributed by atoms with Gasteiger partial charge in [-0.3, -0.25) is 14.7 Å². The fourth-order valence-electron chi connectivity index (χ4n) is 2.89. The van der Waals surface area contributed by atoms with Crippen molar-refractivity contribution in [2.24, 2.45) is 0 Å². The third-order valence-electron chi connectivity index (χ3n) is 4.41. The first-order chi connectivity index (χ1) is 15.2. The number of carbonyl (C=O) groups excluding carboxylic acids is 2. The standard InChI is InChI=1S/C23H19N5O3/c29-22(17-9-11-18(12-10-17)31-20-8-4-5-14-24-20)27-21(16-6-2-1-3-7-16)23(30)26-19-13-15-25-28-19/h1-15,21H,(H,27,29)(H2,25,26,28,30). The van der Waals surface area contributed by atoms with Gasteiger partial charge in [0.25, 0.3) is 11.8 Å². The van der Waals surface area contributed by atoms with E-state index in [1.165, 1.54) is 6.20 Å². The van der Waals surface area contributed by atoms with Gasteiger partial charge in [0.1, 0.15) is 17.6 Å². The number of rotatable bonds is 7. The number of carbonyl (C=O) groups is 2. The molecule has 0 aliphatic heterocycles. The SMILES string of the molecule is O=C(NC(C(=O)Nc1ccn[nH]1)c1ccccc1)c1ccc(Oc2ccccn2)cc1. The fraction of sp³-hybridized carbons (Fsp3) is 0.0435. The Balaban J connectivity index is 1.48. The zero-order valence-corrected chi connectivity index (χ0v) is 16.4. The summed E-state index contributed by atoms with van der Waals surface area (Å²) >= 11 is 0. The number of pyridine rings is 1. The summed E-state index contributed by atoms with van der Waals surface area (Å²) in [7, 11) is 0. The molecule has 0 saturated heterocycles. The molecule has 154 valence electrons. The molecule has 4 aromatic rings. The van der Waals surface area contributed by atoms with E-state index < -0.39 is 11.9 Å². The largest absolute Gasteiger partial charge is 0.439 e. The molecule has 8 heteroatoms. The maximum Gasteiger partial charge on any atom is 0.252 e. The summed E-state index contributed by atoms with van der Waals surface area (Å²) in [5, 5.41) is 12.0. The van der Waals surface area contributed by atoms with Gasteiger partial charge in [0.05, 0.1) is 6.20 Å². The summed E-state index contributed by atoms with van der Waals surface area (Å²) in [6.45, 7) is 0. The fourth-order valence-corrected chi connectivity index (χ4v) is 2.89. The molecule has 0 spiro atoms. The van der Waals surface area contributed by atoms with Gasteiger partial charge in [-0.25, -0.2) is 4.98 Å². The highest BCUT2D eigenvalue weighted by atomic mass is 16.5. The molecule has 0 saturated carbocycles. The van der Waals surface area contributed by atoms with Gasteiger partial charge >= 0.3 is 0 Å². The van der Waals surface area contributed by atoms with Crippen molar-refractivity contribution in [3.8, 4) is 11.6 Å². The maximum absolute atomic E-state index is 12.8. The molecule has 0 fully saturated rings. The van der Waals surface area contributed by atoms with Gasteiger partial charge in [0.2, 0.25) is 5.88 Å². The Bertz CT molecular complexity index is 1130.